The van der Waals surface area contributed by atoms with Gasteiger partial charge < -0.3 is 9.30 Å². The summed E-state index contributed by atoms with van der Waals surface area (Å²) in [7, 11) is -5.82. The van der Waals surface area contributed by atoms with Gasteiger partial charge in [-0.25, -0.2) is 21.6 Å². The highest BCUT2D eigenvalue weighted by atomic mass is 32.2. The van der Waals surface area contributed by atoms with Crippen LogP contribution < -0.4 is 4.72 Å². The number of sulfonamides is 1. The van der Waals surface area contributed by atoms with Crippen LogP contribution in [0.3, 0.4) is 0 Å². The first-order valence-electron chi connectivity index (χ1n) is 7.65. The summed E-state index contributed by atoms with van der Waals surface area (Å²) in [5, 5.41) is 0. The van der Waals surface area contributed by atoms with E-state index < -0.39 is 25.8 Å². The van der Waals surface area contributed by atoms with E-state index in [0.29, 0.717) is 5.56 Å². The van der Waals surface area contributed by atoms with E-state index in [2.05, 4.69) is 4.72 Å². The van der Waals surface area contributed by atoms with Crippen LogP contribution in [0.25, 0.3) is 0 Å². The molecular weight excluding hydrogens is 380 g/mol. The van der Waals surface area contributed by atoms with Gasteiger partial charge in [-0.15, -0.1) is 0 Å². The molecule has 0 bridgehead atoms. The first-order valence-corrected chi connectivity index (χ1v) is 11.2. The van der Waals surface area contributed by atoms with E-state index in [1.165, 1.54) is 36.0 Å². The molecule has 0 aliphatic heterocycles. The average molecular weight is 400 g/mol. The lowest BCUT2D eigenvalue weighted by atomic mass is 10.2. The van der Waals surface area contributed by atoms with Crippen molar-refractivity contribution in [2.24, 2.45) is 7.05 Å². The van der Waals surface area contributed by atoms with Crippen molar-refractivity contribution in [2.45, 2.75) is 17.6 Å². The van der Waals surface area contributed by atoms with Crippen molar-refractivity contribution < 1.29 is 26.4 Å². The number of aryl methyl sites for hydroxylation is 1. The highest BCUT2D eigenvalue weighted by Crippen LogP contribution is 2.23. The second-order valence-corrected chi connectivity index (χ2v) is 9.55. The van der Waals surface area contributed by atoms with Crippen LogP contribution in [0, 0.1) is 0 Å². The maximum absolute atomic E-state index is 12.6. The Bertz CT molecular complexity index is 1020. The Labute approximate surface area is 152 Å². The van der Waals surface area contributed by atoms with Gasteiger partial charge in [-0.2, -0.15) is 0 Å². The maximum atomic E-state index is 12.6. The van der Waals surface area contributed by atoms with Gasteiger partial charge in [0, 0.05) is 19.5 Å². The minimum absolute atomic E-state index is 0.0941. The Morgan fingerprint density at radius 2 is 1.85 bits per heavy atom. The van der Waals surface area contributed by atoms with Crippen molar-refractivity contribution in [3.8, 4) is 0 Å². The molecule has 0 radical (unpaired) electrons. The molecule has 0 aliphatic rings. The van der Waals surface area contributed by atoms with Gasteiger partial charge in [-0.3, -0.25) is 4.72 Å². The second kappa shape index (κ2) is 7.50. The SMILES string of the molecule is CCOC(=O)c1cc(S(=O)(=O)Nc2ccccc2CS(C)(=O)=O)cn1C. The van der Waals surface area contributed by atoms with Gasteiger partial charge in [0.25, 0.3) is 10.0 Å². The molecule has 8 nitrogen and oxygen atoms in total. The number of rotatable bonds is 7. The number of carbonyl (C=O) groups is 1. The molecule has 0 spiro atoms. The molecule has 0 fully saturated rings. The number of hydrogen-bond acceptors (Lipinski definition) is 6. The normalized spacial score (nSPS) is 12.0. The fourth-order valence-corrected chi connectivity index (χ4v) is 4.31. The minimum Gasteiger partial charge on any atom is -0.461 e. The third-order valence-electron chi connectivity index (χ3n) is 3.45. The number of sulfone groups is 1. The summed E-state index contributed by atoms with van der Waals surface area (Å²) in [6, 6.07) is 7.44. The van der Waals surface area contributed by atoms with E-state index in [-0.39, 0.29) is 28.6 Å². The lowest BCUT2D eigenvalue weighted by Crippen LogP contribution is -2.14. The third-order valence-corrected chi connectivity index (χ3v) is 5.62. The molecular formula is C16H20N2O6S2. The van der Waals surface area contributed by atoms with Crippen LogP contribution in [0.1, 0.15) is 23.0 Å². The monoisotopic (exact) mass is 400 g/mol. The molecule has 0 saturated heterocycles. The number of hydrogen-bond donors (Lipinski definition) is 1. The van der Waals surface area contributed by atoms with Gasteiger partial charge in [-0.05, 0) is 24.6 Å². The quantitative estimate of drug-likeness (QED) is 0.706. The van der Waals surface area contributed by atoms with E-state index >= 15 is 0 Å². The van der Waals surface area contributed by atoms with Gasteiger partial charge in [0.2, 0.25) is 0 Å². The molecule has 0 atom stereocenters. The summed E-state index contributed by atoms with van der Waals surface area (Å²) in [6.07, 6.45) is 2.36. The molecule has 0 aliphatic carbocycles. The average Bonchev–Trinajstić information content (AvgIpc) is 2.91. The largest absolute Gasteiger partial charge is 0.461 e. The van der Waals surface area contributed by atoms with Gasteiger partial charge in [-0.1, -0.05) is 18.2 Å². The van der Waals surface area contributed by atoms with E-state index in [1.54, 1.807) is 19.1 Å². The fraction of sp³-hybridized carbons (Fsp3) is 0.312. The summed E-state index contributed by atoms with van der Waals surface area (Å²) < 4.78 is 57.0. The number of aromatic nitrogens is 1. The maximum Gasteiger partial charge on any atom is 0.354 e. The number of nitrogens with one attached hydrogen (secondary N) is 1. The number of ether oxygens (including phenoxy) is 1. The molecule has 26 heavy (non-hydrogen) atoms. The number of anilines is 1. The van der Waals surface area contributed by atoms with Crippen molar-refractivity contribution >= 4 is 31.5 Å². The van der Waals surface area contributed by atoms with Crippen LogP contribution in [0.2, 0.25) is 0 Å². The fourth-order valence-electron chi connectivity index (χ4n) is 2.32. The zero-order valence-electron chi connectivity index (χ0n) is 14.6. The van der Waals surface area contributed by atoms with Crippen molar-refractivity contribution in [2.75, 3.05) is 17.6 Å². The summed E-state index contributed by atoms with van der Waals surface area (Å²) in [6.45, 7) is 1.82. The van der Waals surface area contributed by atoms with Crippen molar-refractivity contribution in [3.05, 3.63) is 47.8 Å². The van der Waals surface area contributed by atoms with Crippen molar-refractivity contribution in [1.29, 1.82) is 0 Å². The summed E-state index contributed by atoms with van der Waals surface area (Å²) in [5.41, 5.74) is 0.594. The lowest BCUT2D eigenvalue weighted by Gasteiger charge is -2.11. The predicted octanol–water partition coefficient (Wildman–Crippen LogP) is 1.55. The summed E-state index contributed by atoms with van der Waals surface area (Å²) in [4.78, 5) is 11.7. The Balaban J connectivity index is 2.36. The molecule has 10 heteroatoms. The molecule has 1 aromatic carbocycles. The summed E-state index contributed by atoms with van der Waals surface area (Å²) >= 11 is 0. The Hall–Kier alpha value is -2.33. The van der Waals surface area contributed by atoms with Gasteiger partial charge >= 0.3 is 5.97 Å². The van der Waals surface area contributed by atoms with Crippen LogP contribution in [-0.2, 0) is 37.4 Å². The molecule has 0 unspecified atom stereocenters. The number of nitrogens with zero attached hydrogens (tertiary/aromatic N) is 1. The van der Waals surface area contributed by atoms with Crippen LogP contribution >= 0.6 is 0 Å². The van der Waals surface area contributed by atoms with Crippen molar-refractivity contribution in [1.82, 2.24) is 4.57 Å². The second-order valence-electron chi connectivity index (χ2n) is 5.73. The first-order chi connectivity index (χ1) is 12.0. The zero-order valence-corrected chi connectivity index (χ0v) is 16.2. The van der Waals surface area contributed by atoms with E-state index in [1.807, 2.05) is 0 Å². The molecule has 1 aromatic heterocycles. The van der Waals surface area contributed by atoms with Crippen LogP contribution in [0.15, 0.2) is 41.4 Å². The Morgan fingerprint density at radius 1 is 1.19 bits per heavy atom. The minimum atomic E-state index is -4.01. The highest BCUT2D eigenvalue weighted by Gasteiger charge is 2.22. The predicted molar refractivity (Wildman–Crippen MR) is 97.2 cm³/mol. The number of para-hydroxylation sites is 1. The smallest absolute Gasteiger partial charge is 0.354 e. The lowest BCUT2D eigenvalue weighted by molar-refractivity contribution is 0.0515. The summed E-state index contributed by atoms with van der Waals surface area (Å²) in [5.74, 6) is -0.928. The number of benzene rings is 1. The highest BCUT2D eigenvalue weighted by molar-refractivity contribution is 7.92. The Morgan fingerprint density at radius 3 is 2.46 bits per heavy atom. The van der Waals surface area contributed by atoms with Gasteiger partial charge in [0.05, 0.1) is 18.0 Å². The molecule has 1 N–H and O–H groups in total. The molecule has 142 valence electrons. The molecule has 1 heterocycles. The van der Waals surface area contributed by atoms with E-state index in [0.717, 1.165) is 6.26 Å². The van der Waals surface area contributed by atoms with Crippen molar-refractivity contribution in [3.63, 3.8) is 0 Å². The standard InChI is InChI=1S/C16H20N2O6S2/c1-4-24-16(19)15-9-13(10-18(15)2)26(22,23)17-14-8-6-5-7-12(14)11-25(3,20)21/h5-10,17H,4,11H2,1-3H3. The molecule has 2 rings (SSSR count). The zero-order chi connectivity index (χ0) is 19.5. The molecule has 0 amide bonds. The topological polar surface area (TPSA) is 112 Å². The molecule has 0 saturated carbocycles. The van der Waals surface area contributed by atoms with Gasteiger partial charge in [0.1, 0.15) is 10.6 Å². The number of carbonyl (C=O) groups excluding carboxylic acids is 1. The third kappa shape index (κ3) is 4.85. The first kappa shape index (κ1) is 20.0. The van der Waals surface area contributed by atoms with Crippen LogP contribution in [0.5, 0.6) is 0 Å². The Kier molecular flexibility index (Phi) is 5.77. The number of esters is 1. The van der Waals surface area contributed by atoms with Gasteiger partial charge in [0.15, 0.2) is 9.84 Å². The molecule has 2 aromatic rings. The van der Waals surface area contributed by atoms with E-state index in [9.17, 15) is 21.6 Å². The van der Waals surface area contributed by atoms with E-state index in [4.69, 9.17) is 4.74 Å². The van der Waals surface area contributed by atoms with Crippen LogP contribution in [0.4, 0.5) is 5.69 Å². The van der Waals surface area contributed by atoms with Crippen LogP contribution in [-0.4, -0.2) is 40.2 Å².